The van der Waals surface area contributed by atoms with Crippen LogP contribution >= 0.6 is 11.6 Å². The minimum atomic E-state index is -0.205. The molecule has 2 heterocycles. The fourth-order valence-corrected chi connectivity index (χ4v) is 4.26. The highest BCUT2D eigenvalue weighted by Crippen LogP contribution is 2.21. The summed E-state index contributed by atoms with van der Waals surface area (Å²) in [7, 11) is 0. The van der Waals surface area contributed by atoms with E-state index in [1.165, 1.54) is 16.3 Å². The smallest absolute Gasteiger partial charge is 0.256 e. The summed E-state index contributed by atoms with van der Waals surface area (Å²) in [5.74, 6) is 0.310. The van der Waals surface area contributed by atoms with E-state index in [1.54, 1.807) is 6.07 Å². The Morgan fingerprint density at radius 2 is 1.74 bits per heavy atom. The van der Waals surface area contributed by atoms with Crippen LogP contribution < -0.4 is 5.32 Å². The Labute approximate surface area is 202 Å². The molecular formula is C27H24ClN5O. The number of hydrogen-bond acceptors (Lipinski definition) is 3. The molecule has 0 fully saturated rings. The van der Waals surface area contributed by atoms with E-state index >= 15 is 0 Å². The van der Waals surface area contributed by atoms with Gasteiger partial charge in [0.1, 0.15) is 0 Å². The van der Waals surface area contributed by atoms with E-state index < -0.39 is 0 Å². The number of carbonyl (C=O) groups is 1. The van der Waals surface area contributed by atoms with Crippen molar-refractivity contribution in [1.82, 2.24) is 19.6 Å². The number of benzene rings is 3. The molecule has 1 N–H and O–H groups in total. The first kappa shape index (κ1) is 21.9. The van der Waals surface area contributed by atoms with Gasteiger partial charge in [0.25, 0.3) is 5.91 Å². The molecular weight excluding hydrogens is 446 g/mol. The van der Waals surface area contributed by atoms with Gasteiger partial charge in [-0.15, -0.1) is 0 Å². The van der Waals surface area contributed by atoms with E-state index in [4.69, 9.17) is 11.6 Å². The molecule has 0 atom stereocenters. The minimum absolute atomic E-state index is 0.205. The molecule has 6 nitrogen and oxygen atoms in total. The Hall–Kier alpha value is -3.90. The SMILES string of the molecule is Cc1nn(Cc2cccc(C(=O)Nc3ccn(Cc4cccc5ccccc45)n3)c2)c(C)c1Cl. The van der Waals surface area contributed by atoms with Crippen LogP contribution in [0.4, 0.5) is 5.82 Å². The van der Waals surface area contributed by atoms with Crippen molar-refractivity contribution in [1.29, 1.82) is 0 Å². The normalized spacial score (nSPS) is 11.1. The molecule has 0 radical (unpaired) electrons. The predicted molar refractivity (Wildman–Crippen MR) is 135 cm³/mol. The number of nitrogens with one attached hydrogen (secondary N) is 1. The molecule has 0 aliphatic rings. The Morgan fingerprint density at radius 1 is 0.941 bits per heavy atom. The zero-order chi connectivity index (χ0) is 23.7. The fraction of sp³-hybridized carbons (Fsp3) is 0.148. The van der Waals surface area contributed by atoms with Crippen molar-refractivity contribution >= 4 is 34.1 Å². The largest absolute Gasteiger partial charge is 0.305 e. The van der Waals surface area contributed by atoms with Crippen LogP contribution in [0.3, 0.4) is 0 Å². The quantitative estimate of drug-likeness (QED) is 0.339. The van der Waals surface area contributed by atoms with Crippen molar-refractivity contribution in [2.45, 2.75) is 26.9 Å². The van der Waals surface area contributed by atoms with E-state index in [0.29, 0.717) is 29.5 Å². The number of carbonyl (C=O) groups excluding carboxylic acids is 1. The van der Waals surface area contributed by atoms with E-state index in [0.717, 1.165) is 17.0 Å². The fourth-order valence-electron chi connectivity index (χ4n) is 4.12. The van der Waals surface area contributed by atoms with Crippen LogP contribution in [0.15, 0.2) is 79.0 Å². The first-order valence-corrected chi connectivity index (χ1v) is 11.5. The second-order valence-electron chi connectivity index (χ2n) is 8.33. The van der Waals surface area contributed by atoms with Gasteiger partial charge in [0.05, 0.1) is 29.5 Å². The Morgan fingerprint density at radius 3 is 2.56 bits per heavy atom. The summed E-state index contributed by atoms with van der Waals surface area (Å²) in [5.41, 5.74) is 4.42. The Bertz CT molecular complexity index is 1490. The standard InChI is InChI=1S/C27H24ClN5O/c1-18-26(28)19(2)33(30-18)16-20-7-5-10-22(15-20)27(34)29-25-13-14-32(31-25)17-23-11-6-9-21-8-3-4-12-24(21)23/h3-15H,16-17H2,1-2H3,(H,29,31,34). The lowest BCUT2D eigenvalue weighted by Crippen LogP contribution is -2.14. The van der Waals surface area contributed by atoms with Crippen LogP contribution in [0.5, 0.6) is 0 Å². The van der Waals surface area contributed by atoms with Crippen molar-refractivity contribution in [3.63, 3.8) is 0 Å². The number of fused-ring (bicyclic) bond motifs is 1. The molecule has 0 spiro atoms. The highest BCUT2D eigenvalue weighted by atomic mass is 35.5. The van der Waals surface area contributed by atoms with Crippen LogP contribution in [-0.2, 0) is 13.1 Å². The number of rotatable bonds is 6. The lowest BCUT2D eigenvalue weighted by Gasteiger charge is -2.08. The van der Waals surface area contributed by atoms with Crippen molar-refractivity contribution in [2.24, 2.45) is 0 Å². The van der Waals surface area contributed by atoms with Crippen LogP contribution in [0.1, 0.15) is 32.9 Å². The minimum Gasteiger partial charge on any atom is -0.305 e. The van der Waals surface area contributed by atoms with E-state index in [9.17, 15) is 4.79 Å². The molecule has 0 saturated heterocycles. The summed E-state index contributed by atoms with van der Waals surface area (Å²) in [4.78, 5) is 12.9. The zero-order valence-corrected chi connectivity index (χ0v) is 19.8. The summed E-state index contributed by atoms with van der Waals surface area (Å²) in [6, 6.07) is 23.9. The summed E-state index contributed by atoms with van der Waals surface area (Å²) in [5, 5.41) is 15.0. The molecule has 7 heteroatoms. The van der Waals surface area contributed by atoms with Crippen LogP contribution in [-0.4, -0.2) is 25.5 Å². The molecule has 0 saturated carbocycles. The zero-order valence-electron chi connectivity index (χ0n) is 19.0. The molecule has 1 amide bonds. The molecule has 2 aromatic heterocycles. The van der Waals surface area contributed by atoms with E-state index in [-0.39, 0.29) is 5.91 Å². The van der Waals surface area contributed by atoms with Gasteiger partial charge < -0.3 is 5.32 Å². The maximum Gasteiger partial charge on any atom is 0.256 e. The second-order valence-corrected chi connectivity index (χ2v) is 8.71. The first-order valence-electron chi connectivity index (χ1n) is 11.1. The third-order valence-electron chi connectivity index (χ3n) is 5.91. The van der Waals surface area contributed by atoms with Crippen molar-refractivity contribution < 1.29 is 4.79 Å². The maximum atomic E-state index is 12.9. The van der Waals surface area contributed by atoms with Gasteiger partial charge >= 0.3 is 0 Å². The summed E-state index contributed by atoms with van der Waals surface area (Å²) < 4.78 is 3.68. The number of amides is 1. The van der Waals surface area contributed by atoms with Gasteiger partial charge in [-0.25, -0.2) is 0 Å². The molecule has 0 aliphatic heterocycles. The number of nitrogens with zero attached hydrogens (tertiary/aromatic N) is 4. The van der Waals surface area contributed by atoms with Gasteiger partial charge in [0.2, 0.25) is 0 Å². The van der Waals surface area contributed by atoms with Gasteiger partial charge in [-0.1, -0.05) is 66.2 Å². The molecule has 170 valence electrons. The Kier molecular flexibility index (Phi) is 5.90. The highest BCUT2D eigenvalue weighted by molar-refractivity contribution is 6.31. The summed E-state index contributed by atoms with van der Waals surface area (Å²) >= 11 is 6.26. The van der Waals surface area contributed by atoms with E-state index in [1.807, 2.05) is 65.8 Å². The summed E-state index contributed by atoms with van der Waals surface area (Å²) in [6.45, 7) is 4.99. The molecule has 0 aliphatic carbocycles. The van der Waals surface area contributed by atoms with Crippen molar-refractivity contribution in [3.05, 3.63) is 112 Å². The predicted octanol–water partition coefficient (Wildman–Crippen LogP) is 5.85. The average Bonchev–Trinajstić information content (AvgIpc) is 3.38. The number of hydrogen-bond donors (Lipinski definition) is 1. The van der Waals surface area contributed by atoms with Gasteiger partial charge in [-0.05, 0) is 47.9 Å². The molecule has 0 unspecified atom stereocenters. The third-order valence-corrected chi connectivity index (χ3v) is 6.46. The number of anilines is 1. The first-order chi connectivity index (χ1) is 16.5. The highest BCUT2D eigenvalue weighted by Gasteiger charge is 2.12. The number of aryl methyl sites for hydroxylation is 1. The Balaban J connectivity index is 1.29. The van der Waals surface area contributed by atoms with Crippen molar-refractivity contribution in [2.75, 3.05) is 5.32 Å². The van der Waals surface area contributed by atoms with Crippen LogP contribution in [0.2, 0.25) is 5.02 Å². The van der Waals surface area contributed by atoms with Gasteiger partial charge in [0.15, 0.2) is 5.82 Å². The average molecular weight is 470 g/mol. The van der Waals surface area contributed by atoms with Crippen LogP contribution in [0, 0.1) is 13.8 Å². The number of halogens is 1. The van der Waals surface area contributed by atoms with Gasteiger partial charge in [0, 0.05) is 17.8 Å². The summed E-state index contributed by atoms with van der Waals surface area (Å²) in [6.07, 6.45) is 1.88. The molecule has 5 rings (SSSR count). The van der Waals surface area contributed by atoms with Gasteiger partial charge in [-0.3, -0.25) is 14.2 Å². The van der Waals surface area contributed by atoms with Crippen molar-refractivity contribution in [3.8, 4) is 0 Å². The second kappa shape index (κ2) is 9.15. The van der Waals surface area contributed by atoms with Gasteiger partial charge in [-0.2, -0.15) is 10.2 Å². The third kappa shape index (κ3) is 4.45. The van der Waals surface area contributed by atoms with Crippen LogP contribution in [0.25, 0.3) is 10.8 Å². The molecule has 5 aromatic rings. The lowest BCUT2D eigenvalue weighted by molar-refractivity contribution is 0.102. The molecule has 3 aromatic carbocycles. The lowest BCUT2D eigenvalue weighted by atomic mass is 10.0. The molecule has 34 heavy (non-hydrogen) atoms. The number of aromatic nitrogens is 4. The van der Waals surface area contributed by atoms with E-state index in [2.05, 4.69) is 45.8 Å². The topological polar surface area (TPSA) is 64.7 Å². The monoisotopic (exact) mass is 469 g/mol. The molecule has 0 bridgehead atoms. The maximum absolute atomic E-state index is 12.9.